The number of carbonyl (C=O) groups is 1. The number of carboxylic acid groups (broad SMARTS) is 1. The molecule has 0 saturated heterocycles. The molecule has 0 amide bonds. The number of halogens is 3. The normalized spacial score (nSPS) is 11.6. The van der Waals surface area contributed by atoms with Crippen molar-refractivity contribution in [3.63, 3.8) is 0 Å². The quantitative estimate of drug-likeness (QED) is 0.720. The second-order valence-electron chi connectivity index (χ2n) is 3.08. The van der Waals surface area contributed by atoms with E-state index in [1.54, 1.807) is 0 Å². The molecule has 0 fully saturated rings. The first-order valence-electron chi connectivity index (χ1n) is 3.40. The van der Waals surface area contributed by atoms with Gasteiger partial charge in [-0.2, -0.15) is 0 Å². The Morgan fingerprint density at radius 2 is 1.62 bits per heavy atom. The Balaban J connectivity index is 0. The molecule has 0 aromatic carbocycles. The molecule has 80 valence electrons. The van der Waals surface area contributed by atoms with Crippen LogP contribution < -0.4 is 0 Å². The number of hydrogen-bond acceptors (Lipinski definition) is 2. The molecule has 0 aliphatic rings. The number of aliphatic carboxylic acids is 1. The van der Waals surface area contributed by atoms with E-state index in [1.165, 1.54) is 0 Å². The third-order valence-electron chi connectivity index (χ3n) is 1.15. The maximum absolute atomic E-state index is 9.35. The van der Waals surface area contributed by atoms with Gasteiger partial charge in [0, 0.05) is 17.7 Å². The lowest BCUT2D eigenvalue weighted by Gasteiger charge is -2.31. The summed E-state index contributed by atoms with van der Waals surface area (Å²) in [5.74, 6) is -0.833. The Morgan fingerprint density at radius 1 is 1.38 bits per heavy atom. The average molecular weight is 385 g/mol. The first kappa shape index (κ1) is 16.3. The largest absolute Gasteiger partial charge is 0.481 e. The first-order chi connectivity index (χ1) is 5.54. The van der Waals surface area contributed by atoms with Crippen LogP contribution in [0.2, 0.25) is 0 Å². The van der Waals surface area contributed by atoms with Gasteiger partial charge >= 0.3 is 0 Å². The van der Waals surface area contributed by atoms with E-state index in [0.717, 1.165) is 12.3 Å². The summed E-state index contributed by atoms with van der Waals surface area (Å²) in [5.41, 5.74) is -0.215. The van der Waals surface area contributed by atoms with Gasteiger partial charge in [0.15, 0.2) is 3.42 Å². The summed E-state index contributed by atoms with van der Waals surface area (Å²) in [6.45, 7) is 4.95. The van der Waals surface area contributed by atoms with Crippen LogP contribution in [0.3, 0.4) is 0 Å². The van der Waals surface area contributed by atoms with E-state index in [0.29, 0.717) is 0 Å². The van der Waals surface area contributed by atoms with E-state index < -0.39 is 9.39 Å². The van der Waals surface area contributed by atoms with E-state index in [2.05, 4.69) is 47.8 Å². The summed E-state index contributed by atoms with van der Waals surface area (Å²) in [6.07, 6.45) is 0. The Morgan fingerprint density at radius 3 is 1.62 bits per heavy atom. The van der Waals surface area contributed by atoms with Gasteiger partial charge < -0.3 is 10.2 Å². The second-order valence-corrected chi connectivity index (χ2v) is 7.00. The minimum Gasteiger partial charge on any atom is -0.481 e. The standard InChI is InChI=1S/C5H9Br3O.C2H4O2/c1-4(2,3-6)5(7,8)9;1-2(3)4/h9H,3H2,1-2H3;1H3,(H,3,4). The van der Waals surface area contributed by atoms with Crippen molar-refractivity contribution >= 4 is 53.8 Å². The Labute approximate surface area is 103 Å². The lowest BCUT2D eigenvalue weighted by atomic mass is 9.98. The van der Waals surface area contributed by atoms with Crippen LogP contribution in [0, 0.1) is 5.41 Å². The van der Waals surface area contributed by atoms with Gasteiger partial charge in [0.2, 0.25) is 0 Å². The van der Waals surface area contributed by atoms with Crippen molar-refractivity contribution in [3.05, 3.63) is 0 Å². The molecule has 0 radical (unpaired) electrons. The van der Waals surface area contributed by atoms with Crippen molar-refractivity contribution in [3.8, 4) is 0 Å². The van der Waals surface area contributed by atoms with Gasteiger partial charge in [-0.1, -0.05) is 29.8 Å². The third-order valence-corrected chi connectivity index (χ3v) is 4.70. The lowest BCUT2D eigenvalue weighted by Crippen LogP contribution is -2.34. The molecule has 0 atom stereocenters. The van der Waals surface area contributed by atoms with Crippen molar-refractivity contribution in [1.29, 1.82) is 0 Å². The van der Waals surface area contributed by atoms with Crippen LogP contribution >= 0.6 is 47.8 Å². The van der Waals surface area contributed by atoms with E-state index in [1.807, 2.05) is 13.8 Å². The predicted molar refractivity (Wildman–Crippen MR) is 63.7 cm³/mol. The maximum Gasteiger partial charge on any atom is 0.300 e. The molecule has 6 heteroatoms. The minimum atomic E-state index is -0.976. The first-order valence-corrected chi connectivity index (χ1v) is 6.11. The zero-order valence-electron chi connectivity index (χ0n) is 7.64. The van der Waals surface area contributed by atoms with Crippen LogP contribution in [0.5, 0.6) is 0 Å². The summed E-state index contributed by atoms with van der Waals surface area (Å²) in [7, 11) is 0. The van der Waals surface area contributed by atoms with Crippen molar-refractivity contribution in [2.45, 2.75) is 24.2 Å². The van der Waals surface area contributed by atoms with Crippen molar-refractivity contribution < 1.29 is 15.0 Å². The molecule has 0 bridgehead atoms. The summed E-state index contributed by atoms with van der Waals surface area (Å²) >= 11 is 9.49. The molecule has 0 heterocycles. The minimum absolute atomic E-state index is 0.215. The smallest absolute Gasteiger partial charge is 0.300 e. The Bertz CT molecular complexity index is 159. The predicted octanol–water partition coefficient (Wildman–Crippen LogP) is 2.93. The highest BCUT2D eigenvalue weighted by Gasteiger charge is 2.37. The molecule has 3 nitrogen and oxygen atoms in total. The summed E-state index contributed by atoms with van der Waals surface area (Å²) < 4.78 is -0.976. The van der Waals surface area contributed by atoms with Gasteiger partial charge in [-0.15, -0.1) is 0 Å². The molecule has 2 N–H and O–H groups in total. The van der Waals surface area contributed by atoms with Crippen molar-refractivity contribution in [1.82, 2.24) is 0 Å². The average Bonchev–Trinajstić information content (AvgIpc) is 1.84. The molecule has 0 saturated carbocycles. The van der Waals surface area contributed by atoms with E-state index >= 15 is 0 Å². The van der Waals surface area contributed by atoms with Crippen molar-refractivity contribution in [2.24, 2.45) is 5.41 Å². The van der Waals surface area contributed by atoms with Gasteiger partial charge in [-0.25, -0.2) is 0 Å². The van der Waals surface area contributed by atoms with Crippen LogP contribution in [0.25, 0.3) is 0 Å². The van der Waals surface area contributed by atoms with Crippen molar-refractivity contribution in [2.75, 3.05) is 5.33 Å². The number of rotatable bonds is 2. The third kappa shape index (κ3) is 9.18. The molecular formula is C7H13Br3O3. The fraction of sp³-hybridized carbons (Fsp3) is 0.857. The summed E-state index contributed by atoms with van der Waals surface area (Å²) in [5, 5.41) is 17.5. The van der Waals surface area contributed by atoms with Crippen LogP contribution in [-0.2, 0) is 4.79 Å². The molecule has 0 aromatic rings. The van der Waals surface area contributed by atoms with E-state index in [9.17, 15) is 5.11 Å². The van der Waals surface area contributed by atoms with Gasteiger partial charge in [0.1, 0.15) is 0 Å². The molecule has 0 aliphatic carbocycles. The second kappa shape index (κ2) is 6.37. The van der Waals surface area contributed by atoms with Crippen LogP contribution in [-0.4, -0.2) is 24.9 Å². The fourth-order valence-electron chi connectivity index (χ4n) is 0.0804. The zero-order valence-corrected chi connectivity index (χ0v) is 12.4. The van der Waals surface area contributed by atoms with Crippen LogP contribution in [0.4, 0.5) is 0 Å². The SMILES string of the molecule is CC(=O)O.CC(C)(CBr)C(O)(Br)Br. The topological polar surface area (TPSA) is 57.5 Å². The Hall–Kier alpha value is 0.870. The zero-order chi connectivity index (χ0) is 11.3. The fourth-order valence-corrected chi connectivity index (χ4v) is 1.52. The number of aliphatic hydroxyl groups is 1. The van der Waals surface area contributed by atoms with Crippen LogP contribution in [0.1, 0.15) is 20.8 Å². The highest BCUT2D eigenvalue weighted by atomic mass is 79.9. The van der Waals surface area contributed by atoms with Gasteiger partial charge in [-0.05, 0) is 31.9 Å². The molecule has 0 unspecified atom stereocenters. The van der Waals surface area contributed by atoms with E-state index in [-0.39, 0.29) is 5.41 Å². The highest BCUT2D eigenvalue weighted by molar-refractivity contribution is 9.25. The molecule has 0 spiro atoms. The summed E-state index contributed by atoms with van der Waals surface area (Å²) in [6, 6.07) is 0. The molecular weight excluding hydrogens is 372 g/mol. The van der Waals surface area contributed by atoms with E-state index in [4.69, 9.17) is 9.90 Å². The lowest BCUT2D eigenvalue weighted by molar-refractivity contribution is -0.134. The van der Waals surface area contributed by atoms with Gasteiger partial charge in [0.05, 0.1) is 0 Å². The highest BCUT2D eigenvalue weighted by Crippen LogP contribution is 2.42. The maximum atomic E-state index is 9.35. The monoisotopic (exact) mass is 382 g/mol. The summed E-state index contributed by atoms with van der Waals surface area (Å²) in [4.78, 5) is 9.00. The number of hydrogen-bond donors (Lipinski definition) is 2. The number of alkyl halides is 3. The molecule has 13 heavy (non-hydrogen) atoms. The molecule has 0 rings (SSSR count). The van der Waals surface area contributed by atoms with Crippen LogP contribution in [0.15, 0.2) is 0 Å². The Kier molecular flexibility index (Phi) is 7.99. The van der Waals surface area contributed by atoms with Gasteiger partial charge in [-0.3, -0.25) is 4.79 Å². The van der Waals surface area contributed by atoms with Gasteiger partial charge in [0.25, 0.3) is 5.97 Å². The molecule has 0 aromatic heterocycles. The number of carboxylic acids is 1. The molecule has 0 aliphatic heterocycles.